The largest absolute Gasteiger partial charge is 0.497 e. The number of rotatable bonds is 4. The first-order valence-electron chi connectivity index (χ1n) is 8.51. The van der Waals surface area contributed by atoms with Crippen molar-refractivity contribution in [3.63, 3.8) is 0 Å². The summed E-state index contributed by atoms with van der Waals surface area (Å²) in [5.74, 6) is 0.789. The minimum Gasteiger partial charge on any atom is -0.497 e. The van der Waals surface area contributed by atoms with Gasteiger partial charge in [0.2, 0.25) is 0 Å². The smallest absolute Gasteiger partial charge is 0.266 e. The quantitative estimate of drug-likeness (QED) is 0.756. The minimum atomic E-state index is 0.00525. The molecule has 0 saturated carbocycles. The molecule has 6 heteroatoms. The number of carbonyl (C=O) groups is 1. The van der Waals surface area contributed by atoms with Gasteiger partial charge >= 0.3 is 0 Å². The van der Waals surface area contributed by atoms with Crippen molar-refractivity contribution in [2.75, 3.05) is 13.7 Å². The van der Waals surface area contributed by atoms with E-state index < -0.39 is 0 Å². The van der Waals surface area contributed by atoms with Crippen LogP contribution in [0.25, 0.3) is 6.08 Å². The summed E-state index contributed by atoms with van der Waals surface area (Å²) in [7, 11) is 3.67. The molecule has 1 aromatic heterocycles. The summed E-state index contributed by atoms with van der Waals surface area (Å²) >= 11 is 1.42. The lowest BCUT2D eigenvalue weighted by Crippen LogP contribution is -2.28. The average Bonchev–Trinajstić information content (AvgIpc) is 3.06. The number of likely N-dealkylation sites (N-methyl/N-ethyl adjacent to an activating group) is 1. The van der Waals surface area contributed by atoms with Crippen LogP contribution in [0.1, 0.15) is 23.9 Å². The minimum absolute atomic E-state index is 0.00525. The van der Waals surface area contributed by atoms with Gasteiger partial charge < -0.3 is 9.30 Å². The molecule has 136 valence electrons. The summed E-state index contributed by atoms with van der Waals surface area (Å²) in [6.07, 6.45) is 1.97. The van der Waals surface area contributed by atoms with Crippen LogP contribution in [0, 0.1) is 13.8 Å². The number of amides is 1. The van der Waals surface area contributed by atoms with E-state index >= 15 is 0 Å². The lowest BCUT2D eigenvalue weighted by molar-refractivity contribution is -0.122. The van der Waals surface area contributed by atoms with Crippen molar-refractivity contribution in [2.45, 2.75) is 20.8 Å². The summed E-state index contributed by atoms with van der Waals surface area (Å²) < 4.78 is 7.30. The number of thioether (sulfide) groups is 1. The molecule has 0 atom stereocenters. The van der Waals surface area contributed by atoms with Crippen LogP contribution in [0.15, 0.2) is 40.2 Å². The molecule has 0 spiro atoms. The van der Waals surface area contributed by atoms with Crippen LogP contribution in [0.4, 0.5) is 5.69 Å². The van der Waals surface area contributed by atoms with E-state index in [1.165, 1.54) is 17.5 Å². The van der Waals surface area contributed by atoms with Gasteiger partial charge in [0.15, 0.2) is 5.17 Å². The maximum atomic E-state index is 12.8. The molecular formula is C20H23N3O2S. The van der Waals surface area contributed by atoms with Gasteiger partial charge in [0.05, 0.1) is 17.7 Å². The van der Waals surface area contributed by atoms with E-state index in [0.717, 1.165) is 22.7 Å². The third-order valence-electron chi connectivity index (χ3n) is 4.60. The molecule has 0 unspecified atom stereocenters. The molecule has 0 bridgehead atoms. The molecule has 0 aliphatic carbocycles. The van der Waals surface area contributed by atoms with E-state index in [1.807, 2.05) is 44.3 Å². The molecule has 26 heavy (non-hydrogen) atoms. The number of hydrogen-bond donors (Lipinski definition) is 0. The van der Waals surface area contributed by atoms with Crippen molar-refractivity contribution in [2.24, 2.45) is 12.0 Å². The second kappa shape index (κ2) is 7.41. The van der Waals surface area contributed by atoms with Crippen molar-refractivity contribution >= 4 is 34.6 Å². The Balaban J connectivity index is 1.93. The van der Waals surface area contributed by atoms with Gasteiger partial charge in [-0.05, 0) is 74.5 Å². The van der Waals surface area contributed by atoms with E-state index in [-0.39, 0.29) is 5.91 Å². The van der Waals surface area contributed by atoms with Crippen molar-refractivity contribution < 1.29 is 9.53 Å². The SMILES string of the molecule is CCN1C(=O)/C(=C\c2cc(C)n(C)c2C)SC1=Nc1ccc(OC)cc1. The van der Waals surface area contributed by atoms with E-state index in [0.29, 0.717) is 16.6 Å². The Kier molecular flexibility index (Phi) is 5.23. The lowest BCUT2D eigenvalue weighted by atomic mass is 10.2. The van der Waals surface area contributed by atoms with Gasteiger partial charge in [0.1, 0.15) is 5.75 Å². The van der Waals surface area contributed by atoms with Gasteiger partial charge in [-0.3, -0.25) is 9.69 Å². The standard InChI is InChI=1S/C20H23N3O2S/c1-6-23-19(24)18(12-15-11-13(2)22(4)14(15)3)26-20(23)21-16-7-9-17(25-5)10-8-16/h7-12H,6H2,1-5H3/b18-12+,21-20?. The second-order valence-corrected chi connectivity index (χ2v) is 7.15. The fourth-order valence-corrected chi connectivity index (χ4v) is 3.86. The Hall–Kier alpha value is -2.47. The van der Waals surface area contributed by atoms with Crippen molar-refractivity contribution in [1.82, 2.24) is 9.47 Å². The Labute approximate surface area is 158 Å². The molecule has 2 aromatic rings. The van der Waals surface area contributed by atoms with Crippen molar-refractivity contribution in [3.05, 3.63) is 52.2 Å². The Morgan fingerprint density at radius 2 is 1.92 bits per heavy atom. The molecule has 1 aromatic carbocycles. The first kappa shape index (κ1) is 18.3. The molecule has 1 saturated heterocycles. The van der Waals surface area contributed by atoms with Gasteiger partial charge in [0.25, 0.3) is 5.91 Å². The predicted molar refractivity (Wildman–Crippen MR) is 108 cm³/mol. The maximum Gasteiger partial charge on any atom is 0.266 e. The van der Waals surface area contributed by atoms with Crippen LogP contribution in [-0.2, 0) is 11.8 Å². The number of amidine groups is 1. The first-order chi connectivity index (χ1) is 12.4. The van der Waals surface area contributed by atoms with Crippen LogP contribution in [0.5, 0.6) is 5.75 Å². The zero-order valence-corrected chi connectivity index (χ0v) is 16.6. The molecule has 1 aliphatic rings. The average molecular weight is 369 g/mol. The molecule has 1 amide bonds. The molecule has 0 N–H and O–H groups in total. The number of benzene rings is 1. The summed E-state index contributed by atoms with van der Waals surface area (Å²) in [5, 5.41) is 0.708. The molecule has 1 aliphatic heterocycles. The Bertz CT molecular complexity index is 895. The Morgan fingerprint density at radius 1 is 1.23 bits per heavy atom. The van der Waals surface area contributed by atoms with Crippen LogP contribution in [0.3, 0.4) is 0 Å². The summed E-state index contributed by atoms with van der Waals surface area (Å²) in [6, 6.07) is 9.60. The first-order valence-corrected chi connectivity index (χ1v) is 9.33. The number of aromatic nitrogens is 1. The highest BCUT2D eigenvalue weighted by atomic mass is 32.2. The number of hydrogen-bond acceptors (Lipinski definition) is 4. The van der Waals surface area contributed by atoms with Crippen molar-refractivity contribution in [3.8, 4) is 5.75 Å². The molecule has 0 radical (unpaired) electrons. The highest BCUT2D eigenvalue weighted by molar-refractivity contribution is 8.18. The van der Waals surface area contributed by atoms with Gasteiger partial charge in [-0.15, -0.1) is 0 Å². The van der Waals surface area contributed by atoms with Crippen LogP contribution in [-0.4, -0.2) is 34.2 Å². The molecule has 3 rings (SSSR count). The van der Waals surface area contributed by atoms with Crippen LogP contribution < -0.4 is 4.74 Å². The second-order valence-electron chi connectivity index (χ2n) is 6.14. The Morgan fingerprint density at radius 3 is 2.46 bits per heavy atom. The number of ether oxygens (including phenoxy) is 1. The summed E-state index contributed by atoms with van der Waals surface area (Å²) in [6.45, 7) is 6.68. The molecule has 2 heterocycles. The highest BCUT2D eigenvalue weighted by Gasteiger charge is 2.32. The number of aryl methyl sites for hydroxylation is 1. The van der Waals surface area contributed by atoms with Crippen LogP contribution in [0.2, 0.25) is 0 Å². The number of aliphatic imine (C=N–C) groups is 1. The van der Waals surface area contributed by atoms with Crippen molar-refractivity contribution in [1.29, 1.82) is 0 Å². The normalized spacial score (nSPS) is 17.6. The molecular weight excluding hydrogens is 346 g/mol. The third kappa shape index (κ3) is 3.42. The van der Waals surface area contributed by atoms with E-state index in [2.05, 4.69) is 29.5 Å². The third-order valence-corrected chi connectivity index (χ3v) is 5.61. The van der Waals surface area contributed by atoms with Gasteiger partial charge in [-0.25, -0.2) is 4.99 Å². The highest BCUT2D eigenvalue weighted by Crippen LogP contribution is 2.35. The summed E-state index contributed by atoms with van der Waals surface area (Å²) in [5.41, 5.74) is 4.19. The van der Waals surface area contributed by atoms with E-state index in [4.69, 9.17) is 4.74 Å². The van der Waals surface area contributed by atoms with Crippen LogP contribution >= 0.6 is 11.8 Å². The monoisotopic (exact) mass is 369 g/mol. The van der Waals surface area contributed by atoms with E-state index in [1.54, 1.807) is 12.0 Å². The molecule has 5 nitrogen and oxygen atoms in total. The molecule has 1 fully saturated rings. The topological polar surface area (TPSA) is 46.8 Å². The number of carbonyl (C=O) groups excluding carboxylic acids is 1. The number of methoxy groups -OCH3 is 1. The predicted octanol–water partition coefficient (Wildman–Crippen LogP) is 4.27. The fourth-order valence-electron chi connectivity index (χ4n) is 2.81. The maximum absolute atomic E-state index is 12.8. The summed E-state index contributed by atoms with van der Waals surface area (Å²) in [4.78, 5) is 19.8. The lowest BCUT2D eigenvalue weighted by Gasteiger charge is -2.12. The zero-order chi connectivity index (χ0) is 18.8. The van der Waals surface area contributed by atoms with Gasteiger partial charge in [0, 0.05) is 25.0 Å². The van der Waals surface area contributed by atoms with E-state index in [9.17, 15) is 4.79 Å². The fraction of sp³-hybridized carbons (Fsp3) is 0.300. The van der Waals surface area contributed by atoms with Gasteiger partial charge in [-0.1, -0.05) is 0 Å². The zero-order valence-electron chi connectivity index (χ0n) is 15.7. The van der Waals surface area contributed by atoms with Gasteiger partial charge in [-0.2, -0.15) is 0 Å². The number of nitrogens with zero attached hydrogens (tertiary/aromatic N) is 3.